The number of hydrogen-bond donors (Lipinski definition) is 1. The predicted molar refractivity (Wildman–Crippen MR) is 86.1 cm³/mol. The van der Waals surface area contributed by atoms with Gasteiger partial charge in [0, 0.05) is 11.8 Å². The first kappa shape index (κ1) is 14.8. The molecule has 23 heavy (non-hydrogen) atoms. The number of carboxylic acid groups (broad SMARTS) is 1. The van der Waals surface area contributed by atoms with Gasteiger partial charge in [0.1, 0.15) is 18.9 Å². The van der Waals surface area contributed by atoms with E-state index in [2.05, 4.69) is 5.10 Å². The molecule has 0 saturated heterocycles. The van der Waals surface area contributed by atoms with Crippen molar-refractivity contribution in [1.29, 1.82) is 0 Å². The summed E-state index contributed by atoms with van der Waals surface area (Å²) in [6.45, 7) is 0.354. The van der Waals surface area contributed by atoms with Crippen LogP contribution >= 0.6 is 0 Å². The number of aromatic nitrogens is 2. The molecule has 0 aliphatic rings. The van der Waals surface area contributed by atoms with E-state index in [0.29, 0.717) is 6.61 Å². The van der Waals surface area contributed by atoms with Crippen LogP contribution in [0.25, 0.3) is 11.1 Å². The van der Waals surface area contributed by atoms with Crippen molar-refractivity contribution in [2.45, 2.75) is 13.2 Å². The van der Waals surface area contributed by atoms with Crippen LogP contribution in [0.4, 0.5) is 0 Å². The number of ether oxygens (including phenoxy) is 1. The monoisotopic (exact) mass is 308 g/mol. The fourth-order valence-electron chi connectivity index (χ4n) is 2.24. The Morgan fingerprint density at radius 1 is 1.09 bits per heavy atom. The smallest absolute Gasteiger partial charge is 0.325 e. The molecule has 3 rings (SSSR count). The first-order valence-electron chi connectivity index (χ1n) is 7.22. The zero-order chi connectivity index (χ0) is 16.1. The van der Waals surface area contributed by atoms with E-state index >= 15 is 0 Å². The van der Waals surface area contributed by atoms with E-state index in [1.165, 1.54) is 4.68 Å². The van der Waals surface area contributed by atoms with Crippen molar-refractivity contribution in [2.75, 3.05) is 0 Å². The van der Waals surface area contributed by atoms with E-state index in [0.717, 1.165) is 22.4 Å². The Hall–Kier alpha value is -3.08. The summed E-state index contributed by atoms with van der Waals surface area (Å²) in [6.07, 6.45) is 3.36. The highest BCUT2D eigenvalue weighted by Gasteiger charge is 2.06. The zero-order valence-electron chi connectivity index (χ0n) is 12.4. The van der Waals surface area contributed by atoms with Gasteiger partial charge in [-0.25, -0.2) is 0 Å². The maximum absolute atomic E-state index is 10.7. The van der Waals surface area contributed by atoms with Gasteiger partial charge >= 0.3 is 5.97 Å². The minimum atomic E-state index is -0.917. The lowest BCUT2D eigenvalue weighted by Crippen LogP contribution is -2.08. The highest BCUT2D eigenvalue weighted by molar-refractivity contribution is 5.67. The van der Waals surface area contributed by atoms with Crippen LogP contribution in [0.2, 0.25) is 0 Å². The molecule has 0 amide bonds. The molecular weight excluding hydrogens is 292 g/mol. The van der Waals surface area contributed by atoms with Gasteiger partial charge in [-0.05, 0) is 23.3 Å². The van der Waals surface area contributed by atoms with E-state index in [4.69, 9.17) is 9.84 Å². The molecule has 116 valence electrons. The largest absolute Gasteiger partial charge is 0.489 e. The molecule has 2 aromatic carbocycles. The summed E-state index contributed by atoms with van der Waals surface area (Å²) in [4.78, 5) is 10.7. The van der Waals surface area contributed by atoms with Crippen LogP contribution in [0.15, 0.2) is 67.0 Å². The van der Waals surface area contributed by atoms with Crippen LogP contribution in [0.5, 0.6) is 5.75 Å². The van der Waals surface area contributed by atoms with E-state index in [1.807, 2.05) is 54.6 Å². The second kappa shape index (κ2) is 6.79. The summed E-state index contributed by atoms with van der Waals surface area (Å²) in [5.74, 6) is -0.156. The van der Waals surface area contributed by atoms with Gasteiger partial charge in [-0.2, -0.15) is 5.10 Å². The molecule has 0 saturated carbocycles. The Morgan fingerprint density at radius 3 is 2.70 bits per heavy atom. The van der Waals surface area contributed by atoms with Crippen LogP contribution in [-0.4, -0.2) is 20.9 Å². The minimum Gasteiger partial charge on any atom is -0.489 e. The van der Waals surface area contributed by atoms with E-state index in [9.17, 15) is 4.79 Å². The summed E-state index contributed by atoms with van der Waals surface area (Å²) in [5.41, 5.74) is 2.90. The van der Waals surface area contributed by atoms with E-state index in [1.54, 1.807) is 12.4 Å². The molecule has 5 heteroatoms. The summed E-state index contributed by atoms with van der Waals surface area (Å²) >= 11 is 0. The molecule has 0 spiro atoms. The van der Waals surface area contributed by atoms with Gasteiger partial charge < -0.3 is 9.84 Å². The third-order valence-corrected chi connectivity index (χ3v) is 3.35. The van der Waals surface area contributed by atoms with Crippen molar-refractivity contribution in [2.24, 2.45) is 0 Å². The van der Waals surface area contributed by atoms with Gasteiger partial charge in [-0.15, -0.1) is 0 Å². The van der Waals surface area contributed by atoms with Gasteiger partial charge in [-0.3, -0.25) is 9.48 Å². The number of nitrogens with zero attached hydrogens (tertiary/aromatic N) is 2. The van der Waals surface area contributed by atoms with Gasteiger partial charge in [0.2, 0.25) is 0 Å². The maximum Gasteiger partial charge on any atom is 0.325 e. The number of hydrogen-bond acceptors (Lipinski definition) is 3. The quantitative estimate of drug-likeness (QED) is 0.759. The Morgan fingerprint density at radius 2 is 1.91 bits per heavy atom. The zero-order valence-corrected chi connectivity index (χ0v) is 12.4. The van der Waals surface area contributed by atoms with Crippen molar-refractivity contribution in [3.63, 3.8) is 0 Å². The second-order valence-electron chi connectivity index (χ2n) is 5.12. The molecule has 0 aliphatic carbocycles. The first-order chi connectivity index (χ1) is 11.2. The van der Waals surface area contributed by atoms with Gasteiger partial charge in [0.15, 0.2) is 0 Å². The van der Waals surface area contributed by atoms with Crippen molar-refractivity contribution in [3.8, 4) is 16.9 Å². The summed E-state index contributed by atoms with van der Waals surface area (Å²) < 4.78 is 7.20. The highest BCUT2D eigenvalue weighted by atomic mass is 16.5. The molecule has 0 unspecified atom stereocenters. The Balaban J connectivity index is 1.72. The molecule has 1 N–H and O–H groups in total. The summed E-state index contributed by atoms with van der Waals surface area (Å²) in [7, 11) is 0. The lowest BCUT2D eigenvalue weighted by Gasteiger charge is -2.07. The number of carbonyl (C=O) groups is 1. The van der Waals surface area contributed by atoms with Crippen LogP contribution < -0.4 is 4.74 Å². The number of aliphatic carboxylic acids is 1. The average molecular weight is 308 g/mol. The van der Waals surface area contributed by atoms with Crippen LogP contribution in [-0.2, 0) is 17.9 Å². The lowest BCUT2D eigenvalue weighted by molar-refractivity contribution is -0.137. The topological polar surface area (TPSA) is 64.3 Å². The van der Waals surface area contributed by atoms with Gasteiger partial charge in [-0.1, -0.05) is 42.5 Å². The molecule has 1 heterocycles. The first-order valence-corrected chi connectivity index (χ1v) is 7.22. The lowest BCUT2D eigenvalue weighted by atomic mass is 10.1. The standard InChI is InChI=1S/C18H16N2O3/c21-18(22)12-20-11-16(10-19-20)15-7-4-8-17(9-15)23-13-14-5-2-1-3-6-14/h1-11H,12-13H2,(H,21,22). The van der Waals surface area contributed by atoms with Crippen LogP contribution in [0.3, 0.4) is 0 Å². The van der Waals surface area contributed by atoms with Crippen molar-refractivity contribution >= 4 is 5.97 Å². The fraction of sp³-hybridized carbons (Fsp3) is 0.111. The normalized spacial score (nSPS) is 10.4. The molecular formula is C18H16N2O3. The van der Waals surface area contributed by atoms with Crippen molar-refractivity contribution < 1.29 is 14.6 Å². The molecule has 0 radical (unpaired) electrons. The summed E-state index contributed by atoms with van der Waals surface area (Å²) in [5, 5.41) is 12.8. The molecule has 3 aromatic rings. The SMILES string of the molecule is O=C(O)Cn1cc(-c2cccc(OCc3ccccc3)c2)cn1. The third kappa shape index (κ3) is 3.97. The van der Waals surface area contributed by atoms with Gasteiger partial charge in [0.05, 0.1) is 6.20 Å². The van der Waals surface area contributed by atoms with Crippen molar-refractivity contribution in [3.05, 3.63) is 72.6 Å². The Kier molecular flexibility index (Phi) is 4.38. The molecule has 1 aromatic heterocycles. The number of rotatable bonds is 6. The van der Waals surface area contributed by atoms with Gasteiger partial charge in [0.25, 0.3) is 0 Å². The van der Waals surface area contributed by atoms with E-state index in [-0.39, 0.29) is 6.54 Å². The molecule has 0 fully saturated rings. The molecule has 0 aliphatic heterocycles. The highest BCUT2D eigenvalue weighted by Crippen LogP contribution is 2.24. The molecule has 5 nitrogen and oxygen atoms in total. The van der Waals surface area contributed by atoms with Crippen molar-refractivity contribution in [1.82, 2.24) is 9.78 Å². The minimum absolute atomic E-state index is 0.149. The average Bonchev–Trinajstić information content (AvgIpc) is 3.02. The summed E-state index contributed by atoms with van der Waals surface area (Å²) in [6, 6.07) is 17.6. The van der Waals surface area contributed by atoms with E-state index < -0.39 is 5.97 Å². The Bertz CT molecular complexity index is 797. The predicted octanol–water partition coefficient (Wildman–Crippen LogP) is 3.21. The van der Waals surface area contributed by atoms with Crippen LogP contribution in [0.1, 0.15) is 5.56 Å². The number of benzene rings is 2. The number of carboxylic acids is 1. The van der Waals surface area contributed by atoms with Crippen LogP contribution in [0, 0.1) is 0 Å². The third-order valence-electron chi connectivity index (χ3n) is 3.35. The fourth-order valence-corrected chi connectivity index (χ4v) is 2.24. The maximum atomic E-state index is 10.7. The molecule has 0 bridgehead atoms. The Labute approximate surface area is 133 Å². The molecule has 0 atom stereocenters. The second-order valence-corrected chi connectivity index (χ2v) is 5.12.